The lowest BCUT2D eigenvalue weighted by atomic mass is 10.2. The number of aryl methyl sites for hydroxylation is 1. The van der Waals surface area contributed by atoms with Gasteiger partial charge in [0.05, 0.1) is 6.61 Å². The summed E-state index contributed by atoms with van der Waals surface area (Å²) in [5.74, 6) is -0.322. The van der Waals surface area contributed by atoms with Gasteiger partial charge < -0.3 is 9.64 Å². The molecule has 1 heterocycles. The van der Waals surface area contributed by atoms with Crippen molar-refractivity contribution in [3.63, 3.8) is 0 Å². The Morgan fingerprint density at radius 3 is 2.61 bits per heavy atom. The molecule has 1 aromatic rings. The van der Waals surface area contributed by atoms with Gasteiger partial charge in [0.15, 0.2) is 10.8 Å². The lowest BCUT2D eigenvalue weighted by Crippen LogP contribution is -2.32. The molecule has 5 heteroatoms. The molecule has 1 atom stereocenters. The molecule has 0 aliphatic rings. The van der Waals surface area contributed by atoms with Gasteiger partial charge in [-0.2, -0.15) is 0 Å². The van der Waals surface area contributed by atoms with Crippen LogP contribution >= 0.6 is 11.3 Å². The fourth-order valence-electron chi connectivity index (χ4n) is 1.75. The highest BCUT2D eigenvalue weighted by Gasteiger charge is 2.21. The molecule has 102 valence electrons. The van der Waals surface area contributed by atoms with Crippen molar-refractivity contribution >= 4 is 22.4 Å². The molecule has 0 aliphatic heterocycles. The third kappa shape index (κ3) is 3.22. The van der Waals surface area contributed by atoms with Crippen molar-refractivity contribution in [3.05, 3.63) is 10.6 Å². The molecule has 0 aliphatic carbocycles. The Balaban J connectivity index is 2.98. The van der Waals surface area contributed by atoms with E-state index < -0.39 is 0 Å². The molecular weight excluding hydrogens is 248 g/mol. The molecule has 4 nitrogen and oxygen atoms in total. The number of carbonyl (C=O) groups excluding carboxylic acids is 1. The van der Waals surface area contributed by atoms with Crippen molar-refractivity contribution in [1.29, 1.82) is 0 Å². The van der Waals surface area contributed by atoms with Crippen LogP contribution in [0.1, 0.15) is 49.5 Å². The Morgan fingerprint density at radius 2 is 2.11 bits per heavy atom. The van der Waals surface area contributed by atoms with Gasteiger partial charge in [0.2, 0.25) is 0 Å². The van der Waals surface area contributed by atoms with Gasteiger partial charge in [-0.05, 0) is 34.1 Å². The minimum atomic E-state index is -0.322. The molecule has 0 radical (unpaired) electrons. The second kappa shape index (κ2) is 6.73. The summed E-state index contributed by atoms with van der Waals surface area (Å²) in [5.41, 5.74) is 0.457. The normalized spacial score (nSPS) is 12.3. The van der Waals surface area contributed by atoms with Crippen LogP contribution in [0.25, 0.3) is 0 Å². The predicted octanol–water partition coefficient (Wildman–Crippen LogP) is 3.25. The Bertz CT molecular complexity index is 404. The average Bonchev–Trinajstić information content (AvgIpc) is 2.72. The first-order valence-electron chi connectivity index (χ1n) is 6.46. The van der Waals surface area contributed by atoms with Gasteiger partial charge in [-0.1, -0.05) is 6.92 Å². The fourth-order valence-corrected chi connectivity index (χ4v) is 2.81. The molecule has 1 rings (SSSR count). The van der Waals surface area contributed by atoms with Crippen LogP contribution in [0.5, 0.6) is 0 Å². The predicted molar refractivity (Wildman–Crippen MR) is 75.6 cm³/mol. The zero-order chi connectivity index (χ0) is 13.7. The summed E-state index contributed by atoms with van der Waals surface area (Å²) < 4.78 is 5.01. The first-order chi connectivity index (χ1) is 8.54. The molecule has 1 unspecified atom stereocenters. The summed E-state index contributed by atoms with van der Waals surface area (Å²) in [7, 11) is 0. The quantitative estimate of drug-likeness (QED) is 0.744. The number of anilines is 1. The third-order valence-corrected chi connectivity index (χ3v) is 3.97. The maximum atomic E-state index is 11.7. The van der Waals surface area contributed by atoms with Crippen molar-refractivity contribution < 1.29 is 9.53 Å². The van der Waals surface area contributed by atoms with Crippen molar-refractivity contribution in [1.82, 2.24) is 4.98 Å². The van der Waals surface area contributed by atoms with Gasteiger partial charge in [0.25, 0.3) is 0 Å². The number of hydrogen-bond acceptors (Lipinski definition) is 5. The Kier molecular flexibility index (Phi) is 5.59. The largest absolute Gasteiger partial charge is 0.461 e. The van der Waals surface area contributed by atoms with Crippen LogP contribution in [-0.4, -0.2) is 30.1 Å². The molecule has 0 amide bonds. The zero-order valence-electron chi connectivity index (χ0n) is 11.8. The van der Waals surface area contributed by atoms with Crippen molar-refractivity contribution in [2.45, 2.75) is 47.1 Å². The van der Waals surface area contributed by atoms with Crippen LogP contribution in [0.15, 0.2) is 0 Å². The van der Waals surface area contributed by atoms with Crippen LogP contribution in [-0.2, 0) is 4.74 Å². The van der Waals surface area contributed by atoms with E-state index >= 15 is 0 Å². The van der Waals surface area contributed by atoms with Crippen molar-refractivity contribution in [3.8, 4) is 0 Å². The molecule has 18 heavy (non-hydrogen) atoms. The summed E-state index contributed by atoms with van der Waals surface area (Å²) in [6.07, 6.45) is 1.06. The number of esters is 1. The molecule has 1 aromatic heterocycles. The standard InChI is InChI=1S/C13H22N2O2S/c1-6-9(4)15(7-2)13-14-11(10(5)18-13)12(16)17-8-3/h9H,6-8H2,1-5H3. The average molecular weight is 270 g/mol. The highest BCUT2D eigenvalue weighted by Crippen LogP contribution is 2.28. The number of carbonyl (C=O) groups is 1. The smallest absolute Gasteiger partial charge is 0.358 e. The third-order valence-electron chi connectivity index (χ3n) is 2.96. The topological polar surface area (TPSA) is 42.4 Å². The zero-order valence-corrected chi connectivity index (χ0v) is 12.6. The lowest BCUT2D eigenvalue weighted by Gasteiger charge is -2.26. The number of ether oxygens (including phenoxy) is 1. The van der Waals surface area contributed by atoms with Gasteiger partial charge in [-0.15, -0.1) is 11.3 Å². The van der Waals surface area contributed by atoms with E-state index in [9.17, 15) is 4.79 Å². The van der Waals surface area contributed by atoms with E-state index in [4.69, 9.17) is 4.74 Å². The van der Waals surface area contributed by atoms with Gasteiger partial charge in [0.1, 0.15) is 0 Å². The maximum absolute atomic E-state index is 11.7. The number of nitrogens with zero attached hydrogens (tertiary/aromatic N) is 2. The molecule has 0 saturated heterocycles. The highest BCUT2D eigenvalue weighted by molar-refractivity contribution is 7.15. The molecule has 0 bridgehead atoms. The summed E-state index contributed by atoms with van der Waals surface area (Å²) in [4.78, 5) is 19.3. The van der Waals surface area contributed by atoms with E-state index in [2.05, 4.69) is 30.7 Å². The van der Waals surface area contributed by atoms with Gasteiger partial charge in [-0.25, -0.2) is 9.78 Å². The van der Waals surface area contributed by atoms with E-state index in [1.54, 1.807) is 18.3 Å². The lowest BCUT2D eigenvalue weighted by molar-refractivity contribution is 0.0519. The fraction of sp³-hybridized carbons (Fsp3) is 0.692. The van der Waals surface area contributed by atoms with Crippen LogP contribution in [0, 0.1) is 6.92 Å². The van der Waals surface area contributed by atoms with Crippen molar-refractivity contribution in [2.75, 3.05) is 18.1 Å². The van der Waals surface area contributed by atoms with E-state index in [1.165, 1.54) is 0 Å². The van der Waals surface area contributed by atoms with Gasteiger partial charge >= 0.3 is 5.97 Å². The number of thiazole rings is 1. The number of hydrogen-bond donors (Lipinski definition) is 0. The van der Waals surface area contributed by atoms with Crippen LogP contribution < -0.4 is 4.90 Å². The second-order valence-corrected chi connectivity index (χ2v) is 5.35. The Morgan fingerprint density at radius 1 is 1.44 bits per heavy atom. The SMILES string of the molecule is CCOC(=O)c1nc(N(CC)C(C)CC)sc1C. The molecule has 0 aromatic carbocycles. The number of aromatic nitrogens is 1. The van der Waals surface area contributed by atoms with Crippen molar-refractivity contribution in [2.24, 2.45) is 0 Å². The van der Waals surface area contributed by atoms with Crippen LogP contribution in [0.4, 0.5) is 5.13 Å². The highest BCUT2D eigenvalue weighted by atomic mass is 32.1. The molecule has 0 N–H and O–H groups in total. The summed E-state index contributed by atoms with van der Waals surface area (Å²) >= 11 is 1.56. The molecular formula is C13H22N2O2S. The Labute approximate surface area is 113 Å². The Hall–Kier alpha value is -1.10. The number of rotatable bonds is 6. The minimum absolute atomic E-state index is 0.322. The van der Waals surface area contributed by atoms with Crippen LogP contribution in [0.3, 0.4) is 0 Å². The monoisotopic (exact) mass is 270 g/mol. The minimum Gasteiger partial charge on any atom is -0.461 e. The van der Waals surface area contributed by atoms with E-state index in [0.29, 0.717) is 18.3 Å². The van der Waals surface area contributed by atoms with Crippen LogP contribution in [0.2, 0.25) is 0 Å². The molecule has 0 spiro atoms. The first kappa shape index (κ1) is 15.0. The summed E-state index contributed by atoms with van der Waals surface area (Å²) in [5, 5.41) is 0.910. The maximum Gasteiger partial charge on any atom is 0.358 e. The summed E-state index contributed by atoms with van der Waals surface area (Å²) in [6, 6.07) is 0.426. The molecule has 0 saturated carbocycles. The molecule has 0 fully saturated rings. The van der Waals surface area contributed by atoms with E-state index in [0.717, 1.165) is 23.0 Å². The first-order valence-corrected chi connectivity index (χ1v) is 7.27. The van der Waals surface area contributed by atoms with Gasteiger partial charge in [-0.3, -0.25) is 0 Å². The van der Waals surface area contributed by atoms with E-state index in [-0.39, 0.29) is 5.97 Å². The summed E-state index contributed by atoms with van der Waals surface area (Å²) in [6.45, 7) is 11.4. The second-order valence-electron chi connectivity index (χ2n) is 4.16. The van der Waals surface area contributed by atoms with E-state index in [1.807, 2.05) is 6.92 Å². The van der Waals surface area contributed by atoms with Gasteiger partial charge in [0, 0.05) is 17.5 Å².